The number of benzene rings is 1. The van der Waals surface area contributed by atoms with Gasteiger partial charge in [0.1, 0.15) is 5.82 Å². The number of nitrogens with one attached hydrogen (secondary N) is 1. The number of rotatable bonds is 6. The van der Waals surface area contributed by atoms with E-state index in [0.29, 0.717) is 6.54 Å². The van der Waals surface area contributed by atoms with Crippen LogP contribution >= 0.6 is 0 Å². The van der Waals surface area contributed by atoms with Gasteiger partial charge in [-0.1, -0.05) is 19.1 Å². The normalized spacial score (nSPS) is 12.6. The summed E-state index contributed by atoms with van der Waals surface area (Å²) in [5.74, 6) is 0.552. The minimum absolute atomic E-state index is 0.0930. The Bertz CT molecular complexity index is 508. The van der Waals surface area contributed by atoms with E-state index >= 15 is 0 Å². The van der Waals surface area contributed by atoms with Gasteiger partial charge in [-0.25, -0.2) is 9.07 Å². The molecule has 0 saturated heterocycles. The lowest BCUT2D eigenvalue weighted by atomic mass is 10.2. The van der Waals surface area contributed by atoms with Gasteiger partial charge in [-0.2, -0.15) is 0 Å². The van der Waals surface area contributed by atoms with E-state index < -0.39 is 0 Å². The number of nitrogens with zero attached hydrogens (tertiary/aromatic N) is 4. The van der Waals surface area contributed by atoms with Crippen LogP contribution in [0.3, 0.4) is 0 Å². The van der Waals surface area contributed by atoms with Crippen LogP contribution in [0, 0.1) is 5.82 Å². The topological polar surface area (TPSA) is 55.6 Å². The van der Waals surface area contributed by atoms with Gasteiger partial charge in [0.25, 0.3) is 0 Å². The zero-order valence-electron chi connectivity index (χ0n) is 11.2. The summed E-state index contributed by atoms with van der Waals surface area (Å²) in [6.07, 6.45) is 1.06. The van der Waals surface area contributed by atoms with E-state index in [1.807, 2.05) is 6.92 Å². The summed E-state index contributed by atoms with van der Waals surface area (Å²) in [7, 11) is 0. The molecule has 1 N–H and O–H groups in total. The molecule has 1 aromatic carbocycles. The maximum Gasteiger partial charge on any atom is 0.168 e. The lowest BCUT2D eigenvalue weighted by molar-refractivity contribution is 0.503. The van der Waals surface area contributed by atoms with E-state index in [9.17, 15) is 4.39 Å². The molecule has 0 spiro atoms. The largest absolute Gasteiger partial charge is 0.307 e. The van der Waals surface area contributed by atoms with Crippen LogP contribution in [-0.4, -0.2) is 26.8 Å². The average Bonchev–Trinajstić information content (AvgIpc) is 2.87. The summed E-state index contributed by atoms with van der Waals surface area (Å²) in [6.45, 7) is 5.61. The maximum absolute atomic E-state index is 12.9. The highest BCUT2D eigenvalue weighted by Gasteiger charge is 2.13. The van der Waals surface area contributed by atoms with Crippen LogP contribution < -0.4 is 5.32 Å². The number of hydrogen-bond acceptors (Lipinski definition) is 4. The van der Waals surface area contributed by atoms with Crippen LogP contribution in [0.5, 0.6) is 0 Å². The highest BCUT2D eigenvalue weighted by atomic mass is 19.1. The summed E-state index contributed by atoms with van der Waals surface area (Å²) in [5, 5.41) is 15.1. The molecule has 1 unspecified atom stereocenters. The quantitative estimate of drug-likeness (QED) is 0.865. The number of tetrazole rings is 1. The fourth-order valence-corrected chi connectivity index (χ4v) is 1.85. The highest BCUT2D eigenvalue weighted by Crippen LogP contribution is 2.10. The van der Waals surface area contributed by atoms with Crippen LogP contribution in [0.1, 0.15) is 37.7 Å². The van der Waals surface area contributed by atoms with Crippen LogP contribution in [0.2, 0.25) is 0 Å². The predicted molar refractivity (Wildman–Crippen MR) is 70.0 cm³/mol. The van der Waals surface area contributed by atoms with E-state index in [0.717, 1.165) is 24.4 Å². The first-order valence-corrected chi connectivity index (χ1v) is 6.44. The Kier molecular flexibility index (Phi) is 4.57. The molecule has 2 aromatic rings. The zero-order valence-corrected chi connectivity index (χ0v) is 11.2. The van der Waals surface area contributed by atoms with Crippen molar-refractivity contribution in [2.75, 3.05) is 6.54 Å². The van der Waals surface area contributed by atoms with E-state index in [1.54, 1.807) is 16.8 Å². The van der Waals surface area contributed by atoms with Crippen molar-refractivity contribution in [2.45, 2.75) is 32.9 Å². The van der Waals surface area contributed by atoms with Crippen molar-refractivity contribution >= 4 is 0 Å². The molecule has 1 atom stereocenters. The molecule has 1 heterocycles. The van der Waals surface area contributed by atoms with Gasteiger partial charge in [-0.15, -0.1) is 5.10 Å². The monoisotopic (exact) mass is 263 g/mol. The standard InChI is InChI=1S/C13H18FN5/c1-3-8-15-10(2)13-16-17-18-19(13)9-11-4-6-12(14)7-5-11/h4-7,10,15H,3,8-9H2,1-2H3. The third kappa shape index (κ3) is 3.57. The Morgan fingerprint density at radius 2 is 2.05 bits per heavy atom. The minimum atomic E-state index is -0.237. The van der Waals surface area contributed by atoms with Crippen molar-refractivity contribution in [1.82, 2.24) is 25.5 Å². The van der Waals surface area contributed by atoms with Gasteiger partial charge in [0.2, 0.25) is 0 Å². The third-order valence-electron chi connectivity index (χ3n) is 2.89. The van der Waals surface area contributed by atoms with Gasteiger partial charge >= 0.3 is 0 Å². The van der Waals surface area contributed by atoms with Gasteiger partial charge in [-0.05, 0) is 48.0 Å². The molecule has 19 heavy (non-hydrogen) atoms. The summed E-state index contributed by atoms with van der Waals surface area (Å²) < 4.78 is 14.6. The van der Waals surface area contributed by atoms with E-state index in [1.165, 1.54) is 12.1 Å². The van der Waals surface area contributed by atoms with Crippen molar-refractivity contribution in [3.63, 3.8) is 0 Å². The van der Waals surface area contributed by atoms with Gasteiger partial charge in [0, 0.05) is 0 Å². The van der Waals surface area contributed by atoms with Crippen molar-refractivity contribution in [1.29, 1.82) is 0 Å². The third-order valence-corrected chi connectivity index (χ3v) is 2.89. The predicted octanol–water partition coefficient (Wildman–Crippen LogP) is 1.92. The summed E-state index contributed by atoms with van der Waals surface area (Å²) >= 11 is 0. The minimum Gasteiger partial charge on any atom is -0.307 e. The van der Waals surface area contributed by atoms with Crippen LogP contribution in [0.25, 0.3) is 0 Å². The Labute approximate surface area is 111 Å². The van der Waals surface area contributed by atoms with Crippen LogP contribution in [-0.2, 0) is 6.54 Å². The first-order chi connectivity index (χ1) is 9.20. The fraction of sp³-hybridized carbons (Fsp3) is 0.462. The summed E-state index contributed by atoms with van der Waals surface area (Å²) in [6, 6.07) is 6.46. The molecule has 0 aliphatic rings. The first-order valence-electron chi connectivity index (χ1n) is 6.44. The van der Waals surface area contributed by atoms with Crippen molar-refractivity contribution in [3.8, 4) is 0 Å². The summed E-state index contributed by atoms with van der Waals surface area (Å²) in [5.41, 5.74) is 0.970. The number of halogens is 1. The molecule has 2 rings (SSSR count). The van der Waals surface area contributed by atoms with Crippen LogP contribution in [0.4, 0.5) is 4.39 Å². The van der Waals surface area contributed by atoms with E-state index in [4.69, 9.17) is 0 Å². The Hall–Kier alpha value is -1.82. The number of hydrogen-bond donors (Lipinski definition) is 1. The van der Waals surface area contributed by atoms with Crippen LogP contribution in [0.15, 0.2) is 24.3 Å². The second-order valence-corrected chi connectivity index (χ2v) is 4.50. The molecule has 1 aromatic heterocycles. The second-order valence-electron chi connectivity index (χ2n) is 4.50. The second kappa shape index (κ2) is 6.38. The van der Waals surface area contributed by atoms with Gasteiger partial charge < -0.3 is 5.32 Å². The zero-order chi connectivity index (χ0) is 13.7. The molecule has 0 amide bonds. The molecule has 0 radical (unpaired) electrons. The van der Waals surface area contributed by atoms with Crippen molar-refractivity contribution in [2.24, 2.45) is 0 Å². The molecule has 0 fully saturated rings. The highest BCUT2D eigenvalue weighted by molar-refractivity contribution is 5.16. The Morgan fingerprint density at radius 1 is 1.32 bits per heavy atom. The summed E-state index contributed by atoms with van der Waals surface area (Å²) in [4.78, 5) is 0. The number of aromatic nitrogens is 4. The molecular weight excluding hydrogens is 245 g/mol. The SMILES string of the molecule is CCCNC(C)c1nnnn1Cc1ccc(F)cc1. The lowest BCUT2D eigenvalue weighted by Gasteiger charge is -2.12. The first kappa shape index (κ1) is 13.6. The lowest BCUT2D eigenvalue weighted by Crippen LogP contribution is -2.23. The molecule has 0 bridgehead atoms. The van der Waals surface area contributed by atoms with Gasteiger partial charge in [0.15, 0.2) is 5.82 Å². The average molecular weight is 263 g/mol. The molecule has 0 aliphatic carbocycles. The van der Waals surface area contributed by atoms with E-state index in [2.05, 4.69) is 27.8 Å². The molecule has 0 saturated carbocycles. The molecule has 0 aliphatic heterocycles. The molecule has 5 nitrogen and oxygen atoms in total. The van der Waals surface area contributed by atoms with Gasteiger partial charge in [-0.3, -0.25) is 0 Å². The Morgan fingerprint density at radius 3 is 2.74 bits per heavy atom. The van der Waals surface area contributed by atoms with Crippen molar-refractivity contribution in [3.05, 3.63) is 41.5 Å². The molecular formula is C13H18FN5. The molecule has 102 valence electrons. The maximum atomic E-state index is 12.9. The van der Waals surface area contributed by atoms with Gasteiger partial charge in [0.05, 0.1) is 12.6 Å². The fourth-order valence-electron chi connectivity index (χ4n) is 1.85. The smallest absolute Gasteiger partial charge is 0.168 e. The van der Waals surface area contributed by atoms with Crippen molar-refractivity contribution < 1.29 is 4.39 Å². The molecule has 6 heteroatoms. The van der Waals surface area contributed by atoms with E-state index in [-0.39, 0.29) is 11.9 Å². The Balaban J connectivity index is 2.08.